The first-order chi connectivity index (χ1) is 15.2. The zero-order chi connectivity index (χ0) is 21.5. The number of anilines is 4. The van der Waals surface area contributed by atoms with Gasteiger partial charge in [-0.2, -0.15) is 4.98 Å². The minimum absolute atomic E-state index is 0.00526. The molecule has 0 aliphatic carbocycles. The van der Waals surface area contributed by atoms with Gasteiger partial charge in [-0.25, -0.2) is 4.98 Å². The summed E-state index contributed by atoms with van der Waals surface area (Å²) >= 11 is 0. The van der Waals surface area contributed by atoms with Crippen LogP contribution < -0.4 is 15.5 Å². The second-order valence-electron chi connectivity index (χ2n) is 7.61. The van der Waals surface area contributed by atoms with Crippen molar-refractivity contribution in [1.29, 1.82) is 0 Å². The standard InChI is InChI=1S/C24H27N5O2/c1-18-15-22(29-13-5-6-14-29)28-24(25-18)27-21-11-9-20(10-12-21)26-23(30)17-31-16-19-7-3-2-4-8-19/h2-4,7-12,15H,5-6,13-14,16-17H2,1H3,(H,26,30)(H,25,27,28). The van der Waals surface area contributed by atoms with E-state index in [2.05, 4.69) is 25.5 Å². The molecule has 0 spiro atoms. The molecule has 1 aliphatic heterocycles. The fraction of sp³-hybridized carbons (Fsp3) is 0.292. The number of aromatic nitrogens is 2. The van der Waals surface area contributed by atoms with E-state index in [0.717, 1.165) is 35.9 Å². The van der Waals surface area contributed by atoms with E-state index in [-0.39, 0.29) is 12.5 Å². The van der Waals surface area contributed by atoms with Crippen molar-refractivity contribution in [3.63, 3.8) is 0 Å². The molecule has 0 saturated carbocycles. The maximum absolute atomic E-state index is 12.1. The molecule has 2 N–H and O–H groups in total. The van der Waals surface area contributed by atoms with Gasteiger partial charge in [0.25, 0.3) is 0 Å². The van der Waals surface area contributed by atoms with Crippen LogP contribution in [0.1, 0.15) is 24.1 Å². The van der Waals surface area contributed by atoms with Crippen LogP contribution in [0.2, 0.25) is 0 Å². The van der Waals surface area contributed by atoms with E-state index in [4.69, 9.17) is 4.74 Å². The lowest BCUT2D eigenvalue weighted by molar-refractivity contribution is -0.121. The second-order valence-corrected chi connectivity index (χ2v) is 7.61. The number of ether oxygens (including phenoxy) is 1. The van der Waals surface area contributed by atoms with E-state index in [9.17, 15) is 4.79 Å². The summed E-state index contributed by atoms with van der Waals surface area (Å²) < 4.78 is 5.48. The predicted octanol–water partition coefficient (Wildman–Crippen LogP) is 4.28. The van der Waals surface area contributed by atoms with Gasteiger partial charge in [-0.3, -0.25) is 4.79 Å². The van der Waals surface area contributed by atoms with Crippen LogP contribution in [0.3, 0.4) is 0 Å². The van der Waals surface area contributed by atoms with Crippen LogP contribution in [-0.4, -0.2) is 35.6 Å². The first kappa shape index (κ1) is 20.8. The van der Waals surface area contributed by atoms with Crippen molar-refractivity contribution < 1.29 is 9.53 Å². The number of rotatable bonds is 8. The quantitative estimate of drug-likeness (QED) is 0.569. The third kappa shape index (κ3) is 6.02. The molecule has 7 nitrogen and oxygen atoms in total. The summed E-state index contributed by atoms with van der Waals surface area (Å²) in [5.74, 6) is 1.36. The van der Waals surface area contributed by atoms with E-state index in [1.54, 1.807) is 0 Å². The van der Waals surface area contributed by atoms with Gasteiger partial charge < -0.3 is 20.3 Å². The summed E-state index contributed by atoms with van der Waals surface area (Å²) in [5.41, 5.74) is 3.54. The van der Waals surface area contributed by atoms with E-state index >= 15 is 0 Å². The van der Waals surface area contributed by atoms with Gasteiger partial charge in [0.15, 0.2) is 0 Å². The van der Waals surface area contributed by atoms with Crippen LogP contribution in [0.15, 0.2) is 60.7 Å². The molecular weight excluding hydrogens is 390 g/mol. The second kappa shape index (κ2) is 10.0. The number of carbonyl (C=O) groups is 1. The molecule has 4 rings (SSSR count). The van der Waals surface area contributed by atoms with Crippen molar-refractivity contribution >= 4 is 29.0 Å². The SMILES string of the molecule is Cc1cc(N2CCCC2)nc(Nc2ccc(NC(=O)COCc3ccccc3)cc2)n1. The molecule has 3 aromatic rings. The molecule has 1 saturated heterocycles. The van der Waals surface area contributed by atoms with Crippen molar-refractivity contribution in [2.75, 3.05) is 35.2 Å². The van der Waals surface area contributed by atoms with E-state index in [0.29, 0.717) is 18.2 Å². The minimum atomic E-state index is -0.186. The molecule has 160 valence electrons. The smallest absolute Gasteiger partial charge is 0.250 e. The average Bonchev–Trinajstić information content (AvgIpc) is 3.31. The number of nitrogens with zero attached hydrogens (tertiary/aromatic N) is 3. The van der Waals surface area contributed by atoms with E-state index in [1.165, 1.54) is 12.8 Å². The molecule has 0 unspecified atom stereocenters. The Hall–Kier alpha value is -3.45. The zero-order valence-corrected chi connectivity index (χ0v) is 17.7. The fourth-order valence-corrected chi connectivity index (χ4v) is 3.51. The molecule has 0 atom stereocenters. The van der Waals surface area contributed by atoms with Crippen LogP contribution in [0.25, 0.3) is 0 Å². The van der Waals surface area contributed by atoms with Gasteiger partial charge >= 0.3 is 0 Å². The Morgan fingerprint density at radius 2 is 1.71 bits per heavy atom. The van der Waals surface area contributed by atoms with Crippen molar-refractivity contribution in [2.45, 2.75) is 26.4 Å². The first-order valence-electron chi connectivity index (χ1n) is 10.5. The van der Waals surface area contributed by atoms with Gasteiger partial charge in [-0.05, 0) is 49.6 Å². The molecule has 2 heterocycles. The lowest BCUT2D eigenvalue weighted by Gasteiger charge is -2.17. The fourth-order valence-electron chi connectivity index (χ4n) is 3.51. The number of carbonyl (C=O) groups excluding carboxylic acids is 1. The Bertz CT molecular complexity index is 1000. The van der Waals surface area contributed by atoms with Crippen molar-refractivity contribution in [3.05, 3.63) is 71.9 Å². The van der Waals surface area contributed by atoms with E-state index < -0.39 is 0 Å². The summed E-state index contributed by atoms with van der Waals surface area (Å²) in [5, 5.41) is 6.10. The van der Waals surface area contributed by atoms with Gasteiger partial charge in [-0.1, -0.05) is 30.3 Å². The minimum Gasteiger partial charge on any atom is -0.367 e. The van der Waals surface area contributed by atoms with Crippen LogP contribution in [0.4, 0.5) is 23.1 Å². The molecule has 2 aromatic carbocycles. The highest BCUT2D eigenvalue weighted by molar-refractivity contribution is 5.91. The number of hydrogen-bond donors (Lipinski definition) is 2. The highest BCUT2D eigenvalue weighted by Gasteiger charge is 2.15. The van der Waals surface area contributed by atoms with Crippen molar-refractivity contribution in [2.24, 2.45) is 0 Å². The maximum atomic E-state index is 12.1. The van der Waals surface area contributed by atoms with Gasteiger partial charge in [0.05, 0.1) is 6.61 Å². The molecule has 1 fully saturated rings. The molecule has 31 heavy (non-hydrogen) atoms. The number of hydrogen-bond acceptors (Lipinski definition) is 6. The predicted molar refractivity (Wildman–Crippen MR) is 123 cm³/mol. The summed E-state index contributed by atoms with van der Waals surface area (Å²) in [6.45, 7) is 4.47. The number of amides is 1. The molecule has 0 radical (unpaired) electrons. The van der Waals surface area contributed by atoms with Gasteiger partial charge in [-0.15, -0.1) is 0 Å². The largest absolute Gasteiger partial charge is 0.367 e. The summed E-state index contributed by atoms with van der Waals surface area (Å²) in [7, 11) is 0. The Balaban J connectivity index is 1.29. The molecule has 0 bridgehead atoms. The lowest BCUT2D eigenvalue weighted by Crippen LogP contribution is -2.19. The average molecular weight is 418 g/mol. The highest BCUT2D eigenvalue weighted by atomic mass is 16.5. The Morgan fingerprint density at radius 3 is 2.45 bits per heavy atom. The topological polar surface area (TPSA) is 79.4 Å². The van der Waals surface area contributed by atoms with Crippen LogP contribution in [-0.2, 0) is 16.1 Å². The molecule has 1 amide bonds. The van der Waals surface area contributed by atoms with Gasteiger partial charge in [0.2, 0.25) is 11.9 Å². The summed E-state index contributed by atoms with van der Waals surface area (Å²) in [4.78, 5) is 23.5. The van der Waals surface area contributed by atoms with Crippen molar-refractivity contribution in [1.82, 2.24) is 9.97 Å². The van der Waals surface area contributed by atoms with Crippen LogP contribution in [0, 0.1) is 6.92 Å². The van der Waals surface area contributed by atoms with Gasteiger partial charge in [0.1, 0.15) is 12.4 Å². The third-order valence-electron chi connectivity index (χ3n) is 5.04. The molecule has 1 aliphatic rings. The van der Waals surface area contributed by atoms with Gasteiger partial charge in [0, 0.05) is 36.2 Å². The number of nitrogens with one attached hydrogen (secondary N) is 2. The van der Waals surface area contributed by atoms with E-state index in [1.807, 2.05) is 67.6 Å². The zero-order valence-electron chi connectivity index (χ0n) is 17.7. The summed E-state index contributed by atoms with van der Waals surface area (Å²) in [6.07, 6.45) is 2.41. The molecular formula is C24H27N5O2. The highest BCUT2D eigenvalue weighted by Crippen LogP contribution is 2.22. The Kier molecular flexibility index (Phi) is 6.74. The summed E-state index contributed by atoms with van der Waals surface area (Å²) in [6, 6.07) is 19.3. The Labute approximate surface area is 182 Å². The normalized spacial score (nSPS) is 13.3. The number of benzene rings is 2. The van der Waals surface area contributed by atoms with Crippen molar-refractivity contribution in [3.8, 4) is 0 Å². The van der Waals surface area contributed by atoms with Crippen LogP contribution >= 0.6 is 0 Å². The van der Waals surface area contributed by atoms with Crippen LogP contribution in [0.5, 0.6) is 0 Å². The third-order valence-corrected chi connectivity index (χ3v) is 5.04. The first-order valence-corrected chi connectivity index (χ1v) is 10.5. The molecule has 7 heteroatoms. The maximum Gasteiger partial charge on any atom is 0.250 e. The lowest BCUT2D eigenvalue weighted by atomic mass is 10.2. The Morgan fingerprint density at radius 1 is 1.00 bits per heavy atom. The number of aryl methyl sites for hydroxylation is 1. The molecule has 1 aromatic heterocycles. The monoisotopic (exact) mass is 417 g/mol.